The molecule has 2 atom stereocenters. The Labute approximate surface area is 184 Å². The molecule has 2 unspecified atom stereocenters. The number of carbonyl (C=O) groups is 2. The summed E-state index contributed by atoms with van der Waals surface area (Å²) in [4.78, 5) is 25.9. The van der Waals surface area contributed by atoms with Crippen molar-refractivity contribution in [3.05, 3.63) is 52.3 Å². The average molecular weight is 431 g/mol. The highest BCUT2D eigenvalue weighted by atomic mass is 32.2. The van der Waals surface area contributed by atoms with Crippen LogP contribution in [0.1, 0.15) is 69.7 Å². The zero-order chi connectivity index (χ0) is 22.8. The van der Waals surface area contributed by atoms with E-state index in [1.165, 1.54) is 0 Å². The van der Waals surface area contributed by atoms with Gasteiger partial charge in [-0.1, -0.05) is 49.3 Å². The number of ether oxygens (including phenoxy) is 1. The normalized spacial score (nSPS) is 18.4. The number of Topliss-reactive ketones (excluding diaryl/α,β-unsaturated/α-hetero) is 1. The largest absolute Gasteiger partial charge is 0.616 e. The molecule has 0 aliphatic heterocycles. The first kappa shape index (κ1) is 24.4. The third-order valence-corrected chi connectivity index (χ3v) is 7.98. The number of carbonyl (C=O) groups excluding carboxylic acids is 2. The molecule has 0 heterocycles. The molecule has 0 radical (unpaired) electrons. The van der Waals surface area contributed by atoms with Gasteiger partial charge in [0, 0.05) is 24.3 Å². The fourth-order valence-electron chi connectivity index (χ4n) is 4.00. The van der Waals surface area contributed by atoms with Crippen molar-refractivity contribution in [3.63, 3.8) is 0 Å². The predicted octanol–water partition coefficient (Wildman–Crippen LogP) is 5.09. The summed E-state index contributed by atoms with van der Waals surface area (Å²) in [7, 11) is 0. The van der Waals surface area contributed by atoms with Crippen molar-refractivity contribution in [1.29, 1.82) is 0 Å². The van der Waals surface area contributed by atoms with Crippen LogP contribution >= 0.6 is 0 Å². The third kappa shape index (κ3) is 4.89. The minimum Gasteiger partial charge on any atom is -0.616 e. The van der Waals surface area contributed by atoms with E-state index >= 15 is 0 Å². The van der Waals surface area contributed by atoms with E-state index < -0.39 is 21.9 Å². The van der Waals surface area contributed by atoms with Crippen LogP contribution in [0.15, 0.2) is 30.0 Å². The number of esters is 1. The SMILES string of the molecule is C=C(C)C(=O)OC1=C(c2c(CC)cc(C)cc2CC)C(=O)CC(C(C)(C)[S+](C)[O-])C1. The topological polar surface area (TPSA) is 66.4 Å². The summed E-state index contributed by atoms with van der Waals surface area (Å²) < 4.78 is 17.5. The quantitative estimate of drug-likeness (QED) is 0.343. The highest BCUT2D eigenvalue weighted by Crippen LogP contribution is 2.43. The van der Waals surface area contributed by atoms with Gasteiger partial charge >= 0.3 is 5.97 Å². The molecule has 2 rings (SSSR count). The second kappa shape index (κ2) is 9.52. The van der Waals surface area contributed by atoms with E-state index in [0.717, 1.165) is 35.1 Å². The lowest BCUT2D eigenvalue weighted by molar-refractivity contribution is -0.135. The Morgan fingerprint density at radius 3 is 2.20 bits per heavy atom. The molecule has 0 bridgehead atoms. The molecule has 1 aromatic rings. The predicted molar refractivity (Wildman–Crippen MR) is 124 cm³/mol. The van der Waals surface area contributed by atoms with Crippen molar-refractivity contribution < 1.29 is 18.9 Å². The smallest absolute Gasteiger partial charge is 0.338 e. The lowest BCUT2D eigenvalue weighted by Crippen LogP contribution is -2.42. The van der Waals surface area contributed by atoms with Gasteiger partial charge in [0.15, 0.2) is 5.78 Å². The van der Waals surface area contributed by atoms with Crippen LogP contribution in [0.2, 0.25) is 0 Å². The number of hydrogen-bond acceptors (Lipinski definition) is 4. The lowest BCUT2D eigenvalue weighted by atomic mass is 9.76. The van der Waals surface area contributed by atoms with E-state index in [2.05, 4.69) is 39.5 Å². The van der Waals surface area contributed by atoms with Gasteiger partial charge in [-0.2, -0.15) is 0 Å². The molecular formula is C25H34O4S. The van der Waals surface area contributed by atoms with Crippen LogP contribution < -0.4 is 0 Å². The molecule has 5 heteroatoms. The minimum atomic E-state index is -1.13. The van der Waals surface area contributed by atoms with Crippen molar-refractivity contribution >= 4 is 28.5 Å². The first-order valence-corrected chi connectivity index (χ1v) is 12.1. The summed E-state index contributed by atoms with van der Waals surface area (Å²) in [5.41, 5.74) is 5.00. The maximum absolute atomic E-state index is 13.5. The van der Waals surface area contributed by atoms with Crippen LogP contribution in [-0.2, 0) is 38.3 Å². The maximum Gasteiger partial charge on any atom is 0.338 e. The summed E-state index contributed by atoms with van der Waals surface area (Å²) >= 11 is -1.13. The number of aryl methyl sites for hydroxylation is 3. The van der Waals surface area contributed by atoms with Gasteiger partial charge in [-0.3, -0.25) is 4.79 Å². The molecule has 0 spiro atoms. The first-order chi connectivity index (χ1) is 13.9. The number of benzene rings is 1. The van der Waals surface area contributed by atoms with E-state index in [-0.39, 0.29) is 23.7 Å². The van der Waals surface area contributed by atoms with E-state index in [9.17, 15) is 14.1 Å². The molecule has 0 N–H and O–H groups in total. The van der Waals surface area contributed by atoms with Crippen LogP contribution in [0.4, 0.5) is 0 Å². The van der Waals surface area contributed by atoms with Gasteiger partial charge in [0.25, 0.3) is 0 Å². The van der Waals surface area contributed by atoms with E-state index in [0.29, 0.717) is 17.8 Å². The van der Waals surface area contributed by atoms with Gasteiger partial charge in [-0.25, -0.2) is 4.79 Å². The molecule has 4 nitrogen and oxygen atoms in total. The molecule has 164 valence electrons. The molecule has 0 saturated carbocycles. The summed E-state index contributed by atoms with van der Waals surface area (Å²) in [6.45, 7) is 15.3. The summed E-state index contributed by atoms with van der Waals surface area (Å²) in [6, 6.07) is 4.20. The second-order valence-electron chi connectivity index (χ2n) is 8.72. The molecule has 30 heavy (non-hydrogen) atoms. The van der Waals surface area contributed by atoms with Crippen molar-refractivity contribution in [2.24, 2.45) is 5.92 Å². The summed E-state index contributed by atoms with van der Waals surface area (Å²) in [6.07, 6.45) is 3.89. The Kier molecular flexibility index (Phi) is 7.75. The van der Waals surface area contributed by atoms with Gasteiger partial charge in [0.05, 0.1) is 11.8 Å². The highest BCUT2D eigenvalue weighted by Gasteiger charge is 2.44. The second-order valence-corrected chi connectivity index (χ2v) is 10.7. The maximum atomic E-state index is 13.5. The summed E-state index contributed by atoms with van der Waals surface area (Å²) in [5.74, 6) is -0.374. The molecule has 1 aliphatic carbocycles. The molecular weight excluding hydrogens is 396 g/mol. The monoisotopic (exact) mass is 430 g/mol. The number of rotatable bonds is 7. The van der Waals surface area contributed by atoms with Gasteiger partial charge in [-0.15, -0.1) is 0 Å². The van der Waals surface area contributed by atoms with Gasteiger partial charge in [-0.05, 0) is 57.2 Å². The van der Waals surface area contributed by atoms with E-state index in [4.69, 9.17) is 4.74 Å². The van der Waals surface area contributed by atoms with Gasteiger partial charge in [0.1, 0.15) is 10.5 Å². The standard InChI is InChI=1S/C25H34O4S/c1-9-17-11-16(5)12-18(10-2)22(17)23-20(26)13-19(25(6,7)30(8)28)14-21(23)29-24(27)15(3)4/h11-12,19H,3,9-10,13-14H2,1-2,4-8H3. The van der Waals surface area contributed by atoms with Crippen LogP contribution in [0.5, 0.6) is 0 Å². The lowest BCUT2D eigenvalue weighted by Gasteiger charge is -2.37. The van der Waals surface area contributed by atoms with Crippen molar-refractivity contribution in [3.8, 4) is 0 Å². The molecule has 0 fully saturated rings. The number of ketones is 1. The van der Waals surface area contributed by atoms with Crippen LogP contribution in [0, 0.1) is 12.8 Å². The third-order valence-electron chi connectivity index (χ3n) is 6.17. The van der Waals surface area contributed by atoms with Gasteiger partial charge in [0.2, 0.25) is 0 Å². The Bertz CT molecular complexity index is 867. The number of hydrogen-bond donors (Lipinski definition) is 0. The van der Waals surface area contributed by atoms with Crippen LogP contribution in [-0.4, -0.2) is 27.3 Å². The Hall–Kier alpha value is -1.85. The Morgan fingerprint density at radius 2 is 1.77 bits per heavy atom. The fraction of sp³-hybridized carbons (Fsp3) is 0.520. The zero-order valence-corrected chi connectivity index (χ0v) is 20.1. The average Bonchev–Trinajstić information content (AvgIpc) is 2.67. The Morgan fingerprint density at radius 1 is 1.23 bits per heavy atom. The van der Waals surface area contributed by atoms with Gasteiger partial charge < -0.3 is 9.29 Å². The Balaban J connectivity index is 2.74. The zero-order valence-electron chi connectivity index (χ0n) is 19.3. The summed E-state index contributed by atoms with van der Waals surface area (Å²) in [5, 5.41) is 0. The van der Waals surface area contributed by atoms with Crippen molar-refractivity contribution in [1.82, 2.24) is 0 Å². The number of allylic oxidation sites excluding steroid dienone is 2. The van der Waals surface area contributed by atoms with E-state index in [1.807, 2.05) is 13.8 Å². The molecule has 0 aromatic heterocycles. The molecule has 1 aromatic carbocycles. The van der Waals surface area contributed by atoms with E-state index in [1.54, 1.807) is 13.2 Å². The van der Waals surface area contributed by atoms with Crippen molar-refractivity contribution in [2.45, 2.75) is 72.0 Å². The highest BCUT2D eigenvalue weighted by molar-refractivity contribution is 7.92. The minimum absolute atomic E-state index is 0.0532. The van der Waals surface area contributed by atoms with Crippen LogP contribution in [0.25, 0.3) is 5.57 Å². The molecule has 0 saturated heterocycles. The van der Waals surface area contributed by atoms with Crippen LogP contribution in [0.3, 0.4) is 0 Å². The van der Waals surface area contributed by atoms with Crippen molar-refractivity contribution in [2.75, 3.05) is 6.26 Å². The fourth-order valence-corrected chi connectivity index (χ4v) is 4.63. The molecule has 0 amide bonds. The first-order valence-electron chi connectivity index (χ1n) is 10.5. The molecule has 1 aliphatic rings.